The molecule has 0 aliphatic heterocycles. The first-order chi connectivity index (χ1) is 9.72. The zero-order valence-corrected chi connectivity index (χ0v) is 10.6. The molecule has 0 saturated carbocycles. The van der Waals surface area contributed by atoms with Gasteiger partial charge in [0.25, 0.3) is 5.56 Å². The van der Waals surface area contributed by atoms with Gasteiger partial charge in [0.2, 0.25) is 0 Å². The Balaban J connectivity index is 2.02. The van der Waals surface area contributed by atoms with E-state index in [1.807, 2.05) is 30.3 Å². The van der Waals surface area contributed by atoms with E-state index in [0.717, 1.165) is 11.1 Å². The van der Waals surface area contributed by atoms with Crippen LogP contribution in [0.15, 0.2) is 53.3 Å². The van der Waals surface area contributed by atoms with E-state index in [4.69, 9.17) is 0 Å². The summed E-state index contributed by atoms with van der Waals surface area (Å²) in [6.07, 6.45) is 3.38. The summed E-state index contributed by atoms with van der Waals surface area (Å²) in [7, 11) is 0. The first-order valence-corrected chi connectivity index (χ1v) is 6.18. The molecule has 0 unspecified atom stereocenters. The highest BCUT2D eigenvalue weighted by molar-refractivity contribution is 5.76. The lowest BCUT2D eigenvalue weighted by Crippen LogP contribution is -2.11. The molecule has 0 aliphatic carbocycles. The molecule has 0 amide bonds. The minimum absolute atomic E-state index is 0.188. The third-order valence-electron chi connectivity index (χ3n) is 2.93. The van der Waals surface area contributed by atoms with Crippen LogP contribution in [0.1, 0.15) is 11.3 Å². The fraction of sp³-hybridized carbons (Fsp3) is 0. The maximum Gasteiger partial charge on any atom is 0.274 e. The van der Waals surface area contributed by atoms with Crippen molar-refractivity contribution in [3.63, 3.8) is 0 Å². The molecule has 3 rings (SSSR count). The van der Waals surface area contributed by atoms with Gasteiger partial charge in [-0.1, -0.05) is 30.3 Å². The second-order valence-electron chi connectivity index (χ2n) is 4.40. The summed E-state index contributed by atoms with van der Waals surface area (Å²) in [6.45, 7) is 0. The van der Waals surface area contributed by atoms with Crippen LogP contribution in [0.5, 0.6) is 5.75 Å². The summed E-state index contributed by atoms with van der Waals surface area (Å²) in [4.78, 5) is 19.0. The Labute approximate surface area is 115 Å². The van der Waals surface area contributed by atoms with Gasteiger partial charge in [0.1, 0.15) is 11.4 Å². The second kappa shape index (κ2) is 5.01. The molecule has 0 fully saturated rings. The summed E-state index contributed by atoms with van der Waals surface area (Å²) < 4.78 is 0. The van der Waals surface area contributed by atoms with Crippen LogP contribution in [0, 0.1) is 0 Å². The van der Waals surface area contributed by atoms with Crippen molar-refractivity contribution in [1.29, 1.82) is 0 Å². The van der Waals surface area contributed by atoms with Gasteiger partial charge < -0.3 is 10.1 Å². The topological polar surface area (TPSA) is 66.0 Å². The molecule has 4 heteroatoms. The average molecular weight is 264 g/mol. The number of rotatable bonds is 2. The zero-order valence-electron chi connectivity index (χ0n) is 10.6. The number of benzene rings is 2. The van der Waals surface area contributed by atoms with Crippen molar-refractivity contribution in [3.8, 4) is 5.75 Å². The highest BCUT2D eigenvalue weighted by atomic mass is 16.3. The van der Waals surface area contributed by atoms with Gasteiger partial charge in [0.15, 0.2) is 0 Å². The summed E-state index contributed by atoms with van der Waals surface area (Å²) in [6, 6.07) is 14.2. The highest BCUT2D eigenvalue weighted by Crippen LogP contribution is 2.13. The number of hydrogen-bond acceptors (Lipinski definition) is 3. The number of aromatic amines is 1. The summed E-state index contributed by atoms with van der Waals surface area (Å²) >= 11 is 0. The molecule has 1 heterocycles. The van der Waals surface area contributed by atoms with Crippen molar-refractivity contribution in [2.75, 3.05) is 0 Å². The molecule has 0 spiro atoms. The second-order valence-corrected chi connectivity index (χ2v) is 4.40. The van der Waals surface area contributed by atoms with E-state index in [2.05, 4.69) is 9.97 Å². The van der Waals surface area contributed by atoms with Crippen LogP contribution >= 0.6 is 0 Å². The predicted octanol–water partition coefficient (Wildman–Crippen LogP) is 2.80. The van der Waals surface area contributed by atoms with Gasteiger partial charge >= 0.3 is 0 Å². The molecular weight excluding hydrogens is 252 g/mol. The minimum atomic E-state index is -0.236. The number of nitrogens with one attached hydrogen (secondary N) is 1. The Morgan fingerprint density at radius 3 is 2.75 bits per heavy atom. The Hall–Kier alpha value is -2.88. The van der Waals surface area contributed by atoms with Crippen molar-refractivity contribution < 1.29 is 5.11 Å². The van der Waals surface area contributed by atoms with Gasteiger partial charge in [-0.2, -0.15) is 0 Å². The number of phenolic OH excluding ortho intramolecular Hbond substituents is 1. The van der Waals surface area contributed by atoms with Crippen LogP contribution in [0.4, 0.5) is 0 Å². The molecular formula is C16H12N2O2. The molecule has 2 N–H and O–H groups in total. The monoisotopic (exact) mass is 264 g/mol. The van der Waals surface area contributed by atoms with E-state index in [0.29, 0.717) is 11.2 Å². The number of nitrogens with zero attached hydrogens (tertiary/aromatic N) is 1. The Kier molecular flexibility index (Phi) is 3.05. The maximum atomic E-state index is 11.9. The minimum Gasteiger partial charge on any atom is -0.508 e. The van der Waals surface area contributed by atoms with Gasteiger partial charge in [-0.15, -0.1) is 0 Å². The zero-order chi connectivity index (χ0) is 13.9. The average Bonchev–Trinajstić information content (AvgIpc) is 2.45. The van der Waals surface area contributed by atoms with Gasteiger partial charge in [0.05, 0.1) is 11.0 Å². The predicted molar refractivity (Wildman–Crippen MR) is 79.4 cm³/mol. The number of aromatic hydroxyl groups is 1. The van der Waals surface area contributed by atoms with E-state index < -0.39 is 0 Å². The SMILES string of the molecule is O=c1[nH]c2ccccc2nc1C=Cc1cccc(O)c1. The van der Waals surface area contributed by atoms with Gasteiger partial charge in [-0.25, -0.2) is 4.98 Å². The molecule has 0 aliphatic rings. The van der Waals surface area contributed by atoms with Gasteiger partial charge in [-0.3, -0.25) is 4.79 Å². The lowest BCUT2D eigenvalue weighted by atomic mass is 10.2. The van der Waals surface area contributed by atoms with Gasteiger partial charge in [0, 0.05) is 0 Å². The molecule has 3 aromatic rings. The van der Waals surface area contributed by atoms with E-state index in [1.165, 1.54) is 0 Å². The molecule has 1 aromatic heterocycles. The smallest absolute Gasteiger partial charge is 0.274 e. The number of hydrogen-bond donors (Lipinski definition) is 2. The third-order valence-corrected chi connectivity index (χ3v) is 2.93. The van der Waals surface area contributed by atoms with Crippen molar-refractivity contribution in [2.24, 2.45) is 0 Å². The molecule has 2 aromatic carbocycles. The number of H-pyrrole nitrogens is 1. The van der Waals surface area contributed by atoms with Gasteiger partial charge in [-0.05, 0) is 35.9 Å². The number of aromatic nitrogens is 2. The first-order valence-electron chi connectivity index (χ1n) is 6.18. The third kappa shape index (κ3) is 2.44. The Morgan fingerprint density at radius 1 is 1.05 bits per heavy atom. The lowest BCUT2D eigenvalue weighted by molar-refractivity contribution is 0.475. The molecule has 0 saturated heterocycles. The molecule has 0 bridgehead atoms. The lowest BCUT2D eigenvalue weighted by Gasteiger charge is -1.98. The van der Waals surface area contributed by atoms with Crippen LogP contribution in [0.25, 0.3) is 23.2 Å². The molecule has 98 valence electrons. The Bertz CT molecular complexity index is 850. The van der Waals surface area contributed by atoms with E-state index >= 15 is 0 Å². The van der Waals surface area contributed by atoms with Crippen molar-refractivity contribution in [3.05, 3.63) is 70.1 Å². The van der Waals surface area contributed by atoms with Crippen LogP contribution in [0.2, 0.25) is 0 Å². The summed E-state index contributed by atoms with van der Waals surface area (Å²) in [5, 5.41) is 9.39. The Morgan fingerprint density at radius 2 is 1.90 bits per heavy atom. The quantitative estimate of drug-likeness (QED) is 0.748. The number of phenols is 1. The van der Waals surface area contributed by atoms with Crippen molar-refractivity contribution in [1.82, 2.24) is 9.97 Å². The normalized spacial score (nSPS) is 11.2. The molecule has 20 heavy (non-hydrogen) atoms. The first kappa shape index (κ1) is 12.2. The van der Waals surface area contributed by atoms with Crippen LogP contribution in [-0.4, -0.2) is 15.1 Å². The highest BCUT2D eigenvalue weighted by Gasteiger charge is 2.00. The van der Waals surface area contributed by atoms with E-state index in [-0.39, 0.29) is 11.3 Å². The number of para-hydroxylation sites is 2. The fourth-order valence-corrected chi connectivity index (χ4v) is 1.96. The van der Waals surface area contributed by atoms with E-state index in [1.54, 1.807) is 30.4 Å². The standard InChI is InChI=1S/C16H12N2O2/c19-12-5-3-4-11(10-12)8-9-15-16(20)18-14-7-2-1-6-13(14)17-15/h1-10,19H,(H,18,20). The largest absolute Gasteiger partial charge is 0.508 e. The summed E-state index contributed by atoms with van der Waals surface area (Å²) in [5.41, 5.74) is 2.36. The van der Waals surface area contributed by atoms with Crippen molar-refractivity contribution in [2.45, 2.75) is 0 Å². The van der Waals surface area contributed by atoms with E-state index in [9.17, 15) is 9.90 Å². The molecule has 0 radical (unpaired) electrons. The molecule has 0 atom stereocenters. The van der Waals surface area contributed by atoms with Crippen LogP contribution in [-0.2, 0) is 0 Å². The summed E-state index contributed by atoms with van der Waals surface area (Å²) in [5.74, 6) is 0.188. The fourth-order valence-electron chi connectivity index (χ4n) is 1.96. The maximum absolute atomic E-state index is 11.9. The number of fused-ring (bicyclic) bond motifs is 1. The molecule has 4 nitrogen and oxygen atoms in total. The van der Waals surface area contributed by atoms with Crippen molar-refractivity contribution >= 4 is 23.2 Å². The van der Waals surface area contributed by atoms with Crippen LogP contribution in [0.3, 0.4) is 0 Å². The van der Waals surface area contributed by atoms with Crippen LogP contribution < -0.4 is 5.56 Å².